The van der Waals surface area contributed by atoms with Gasteiger partial charge in [0.05, 0.1) is 5.69 Å². The highest BCUT2D eigenvalue weighted by atomic mass is 16.2. The molecule has 1 saturated heterocycles. The van der Waals surface area contributed by atoms with E-state index < -0.39 is 0 Å². The number of H-pyrrole nitrogens is 1. The SMILES string of the molecule is CN(Cc1cc(=O)[nH]c(N)n1)[C@@H]1CCN(C(=O)[C@H]2C[C@H]2c2ccccc2)C1. The van der Waals surface area contributed by atoms with Crippen molar-refractivity contribution in [2.45, 2.75) is 31.3 Å². The number of likely N-dealkylation sites (N-methyl/N-ethyl adjacent to an activating group) is 1. The van der Waals surface area contributed by atoms with Crippen LogP contribution in [0.3, 0.4) is 0 Å². The van der Waals surface area contributed by atoms with Crippen LogP contribution in [0.5, 0.6) is 0 Å². The lowest BCUT2D eigenvalue weighted by atomic mass is 10.1. The number of nitrogens with two attached hydrogens (primary N) is 1. The van der Waals surface area contributed by atoms with Crippen LogP contribution in [0.15, 0.2) is 41.2 Å². The molecule has 1 saturated carbocycles. The van der Waals surface area contributed by atoms with E-state index in [9.17, 15) is 9.59 Å². The molecule has 3 N–H and O–H groups in total. The van der Waals surface area contributed by atoms with Crippen molar-refractivity contribution in [2.24, 2.45) is 5.92 Å². The predicted octanol–water partition coefficient (Wildman–Crippen LogP) is 1.19. The minimum atomic E-state index is -0.241. The van der Waals surface area contributed by atoms with E-state index in [2.05, 4.69) is 27.0 Å². The molecule has 2 aromatic rings. The molecule has 0 unspecified atom stereocenters. The number of hydrogen-bond acceptors (Lipinski definition) is 5. The van der Waals surface area contributed by atoms with Crippen molar-refractivity contribution in [2.75, 3.05) is 25.9 Å². The van der Waals surface area contributed by atoms with Gasteiger partial charge in [0, 0.05) is 37.7 Å². The summed E-state index contributed by atoms with van der Waals surface area (Å²) in [5.74, 6) is 0.914. The molecule has 2 heterocycles. The third-order valence-electron chi connectivity index (χ3n) is 5.66. The highest BCUT2D eigenvalue weighted by Gasteiger charge is 2.46. The molecule has 3 atom stereocenters. The summed E-state index contributed by atoms with van der Waals surface area (Å²) in [5.41, 5.74) is 7.29. The molecule has 0 bridgehead atoms. The van der Waals surface area contributed by atoms with Crippen molar-refractivity contribution in [3.63, 3.8) is 0 Å². The van der Waals surface area contributed by atoms with Crippen LogP contribution in [0.2, 0.25) is 0 Å². The molecule has 1 aromatic carbocycles. The summed E-state index contributed by atoms with van der Waals surface area (Å²) in [5, 5.41) is 0. The van der Waals surface area contributed by atoms with E-state index in [4.69, 9.17) is 5.73 Å². The number of benzene rings is 1. The topological polar surface area (TPSA) is 95.3 Å². The number of carbonyl (C=O) groups excluding carboxylic acids is 1. The maximum absolute atomic E-state index is 12.8. The molecule has 1 aliphatic heterocycles. The molecular formula is C20H25N5O2. The van der Waals surface area contributed by atoms with E-state index in [1.807, 2.05) is 30.1 Å². The number of nitrogens with one attached hydrogen (secondary N) is 1. The number of likely N-dealkylation sites (tertiary alicyclic amines) is 1. The van der Waals surface area contributed by atoms with Gasteiger partial charge in [-0.2, -0.15) is 0 Å². The molecule has 7 heteroatoms. The molecule has 1 aliphatic carbocycles. The van der Waals surface area contributed by atoms with Gasteiger partial charge in [0.15, 0.2) is 0 Å². The summed E-state index contributed by atoms with van der Waals surface area (Å²) in [6.45, 7) is 2.06. The third-order valence-corrected chi connectivity index (χ3v) is 5.66. The summed E-state index contributed by atoms with van der Waals surface area (Å²) < 4.78 is 0. The first-order chi connectivity index (χ1) is 13.0. The Bertz CT molecular complexity index is 881. The second kappa shape index (κ2) is 7.15. The van der Waals surface area contributed by atoms with Gasteiger partial charge >= 0.3 is 0 Å². The van der Waals surface area contributed by atoms with E-state index >= 15 is 0 Å². The Labute approximate surface area is 158 Å². The first kappa shape index (κ1) is 17.7. The zero-order chi connectivity index (χ0) is 19.0. The Morgan fingerprint density at radius 2 is 2.15 bits per heavy atom. The molecule has 1 amide bonds. The van der Waals surface area contributed by atoms with Crippen molar-refractivity contribution in [3.8, 4) is 0 Å². The molecule has 1 aromatic heterocycles. The van der Waals surface area contributed by atoms with Crippen LogP contribution < -0.4 is 11.3 Å². The van der Waals surface area contributed by atoms with E-state index in [-0.39, 0.29) is 29.4 Å². The minimum Gasteiger partial charge on any atom is -0.369 e. The van der Waals surface area contributed by atoms with Crippen LogP contribution in [0.1, 0.15) is 30.0 Å². The van der Waals surface area contributed by atoms with Gasteiger partial charge in [-0.3, -0.25) is 19.5 Å². The Kier molecular flexibility index (Phi) is 4.70. The Balaban J connectivity index is 1.33. The summed E-state index contributed by atoms with van der Waals surface area (Å²) >= 11 is 0. The number of carbonyl (C=O) groups is 1. The molecule has 4 rings (SSSR count). The van der Waals surface area contributed by atoms with Gasteiger partial charge in [0.25, 0.3) is 5.56 Å². The van der Waals surface area contributed by atoms with Gasteiger partial charge in [-0.25, -0.2) is 4.98 Å². The average Bonchev–Trinajstić information content (AvgIpc) is 3.28. The number of hydrogen-bond donors (Lipinski definition) is 2. The second-order valence-electron chi connectivity index (χ2n) is 7.62. The first-order valence-corrected chi connectivity index (χ1v) is 9.41. The Hall–Kier alpha value is -2.67. The standard InChI is InChI=1S/C20H25N5O2/c1-24(11-14-9-18(26)23-20(21)22-14)15-7-8-25(12-15)19(27)17-10-16(17)13-5-3-2-4-6-13/h2-6,9,15-17H,7-8,10-12H2,1H3,(H3,21,22,23,26)/t15-,16+,17+/m1/s1. The lowest BCUT2D eigenvalue weighted by Crippen LogP contribution is -2.37. The summed E-state index contributed by atoms with van der Waals surface area (Å²) in [6, 6.07) is 12.0. The van der Waals surface area contributed by atoms with Gasteiger partial charge in [-0.15, -0.1) is 0 Å². The zero-order valence-corrected chi connectivity index (χ0v) is 15.5. The number of nitrogens with zero attached hydrogens (tertiary/aromatic N) is 3. The van der Waals surface area contributed by atoms with Crippen LogP contribution in [0.25, 0.3) is 0 Å². The maximum Gasteiger partial charge on any atom is 0.252 e. The molecule has 0 radical (unpaired) electrons. The van der Waals surface area contributed by atoms with Crippen molar-refractivity contribution in [3.05, 3.63) is 58.0 Å². The van der Waals surface area contributed by atoms with Gasteiger partial charge in [-0.05, 0) is 31.4 Å². The largest absolute Gasteiger partial charge is 0.369 e. The molecule has 2 aliphatic rings. The molecule has 7 nitrogen and oxygen atoms in total. The maximum atomic E-state index is 12.8. The van der Waals surface area contributed by atoms with Gasteiger partial charge in [-0.1, -0.05) is 30.3 Å². The van der Waals surface area contributed by atoms with Crippen molar-refractivity contribution >= 4 is 11.9 Å². The highest BCUT2D eigenvalue weighted by molar-refractivity contribution is 5.83. The number of amides is 1. The van der Waals surface area contributed by atoms with Crippen LogP contribution in [-0.2, 0) is 11.3 Å². The van der Waals surface area contributed by atoms with Crippen LogP contribution in [0, 0.1) is 5.92 Å². The van der Waals surface area contributed by atoms with Crippen molar-refractivity contribution in [1.29, 1.82) is 0 Å². The molecule has 0 spiro atoms. The third kappa shape index (κ3) is 3.88. The van der Waals surface area contributed by atoms with Crippen LogP contribution in [0.4, 0.5) is 5.95 Å². The van der Waals surface area contributed by atoms with E-state index in [1.165, 1.54) is 11.6 Å². The fourth-order valence-corrected chi connectivity index (χ4v) is 4.07. The average molecular weight is 367 g/mol. The van der Waals surface area contributed by atoms with E-state index in [0.29, 0.717) is 18.2 Å². The lowest BCUT2D eigenvalue weighted by molar-refractivity contribution is -0.131. The monoisotopic (exact) mass is 367 g/mol. The van der Waals surface area contributed by atoms with Crippen LogP contribution >= 0.6 is 0 Å². The van der Waals surface area contributed by atoms with Gasteiger partial charge < -0.3 is 10.6 Å². The fourth-order valence-electron chi connectivity index (χ4n) is 4.07. The lowest BCUT2D eigenvalue weighted by Gasteiger charge is -2.24. The Morgan fingerprint density at radius 3 is 2.89 bits per heavy atom. The van der Waals surface area contributed by atoms with Gasteiger partial charge in [0.1, 0.15) is 0 Å². The number of anilines is 1. The number of nitrogen functional groups attached to an aromatic ring is 1. The zero-order valence-electron chi connectivity index (χ0n) is 15.5. The second-order valence-corrected chi connectivity index (χ2v) is 7.62. The first-order valence-electron chi connectivity index (χ1n) is 9.41. The number of rotatable bonds is 5. The van der Waals surface area contributed by atoms with Crippen LogP contribution in [-0.4, -0.2) is 51.9 Å². The van der Waals surface area contributed by atoms with Crippen molar-refractivity contribution < 1.29 is 4.79 Å². The molecular weight excluding hydrogens is 342 g/mol. The normalized spacial score (nSPS) is 24.4. The Morgan fingerprint density at radius 1 is 1.37 bits per heavy atom. The van der Waals surface area contributed by atoms with E-state index in [1.54, 1.807) is 0 Å². The quantitative estimate of drug-likeness (QED) is 0.828. The molecule has 27 heavy (non-hydrogen) atoms. The summed E-state index contributed by atoms with van der Waals surface area (Å²) in [6.07, 6.45) is 1.89. The van der Waals surface area contributed by atoms with E-state index in [0.717, 1.165) is 25.9 Å². The van der Waals surface area contributed by atoms with Gasteiger partial charge in [0.2, 0.25) is 11.9 Å². The number of aromatic nitrogens is 2. The summed E-state index contributed by atoms with van der Waals surface area (Å²) in [4.78, 5) is 35.2. The summed E-state index contributed by atoms with van der Waals surface area (Å²) in [7, 11) is 2.00. The smallest absolute Gasteiger partial charge is 0.252 e. The predicted molar refractivity (Wildman–Crippen MR) is 103 cm³/mol. The molecule has 2 fully saturated rings. The molecule has 142 valence electrons. The number of aromatic amines is 1. The highest BCUT2D eigenvalue weighted by Crippen LogP contribution is 2.48. The van der Waals surface area contributed by atoms with Crippen molar-refractivity contribution in [1.82, 2.24) is 19.8 Å². The fraction of sp³-hybridized carbons (Fsp3) is 0.450. The minimum absolute atomic E-state index is 0.130.